The highest BCUT2D eigenvalue weighted by Gasteiger charge is 2.40. The van der Waals surface area contributed by atoms with Gasteiger partial charge >= 0.3 is 0 Å². The zero-order valence-corrected chi connectivity index (χ0v) is 12.0. The number of hydrogen-bond donors (Lipinski definition) is 0. The van der Waals surface area contributed by atoms with Gasteiger partial charge in [-0.05, 0) is 25.3 Å². The lowest BCUT2D eigenvalue weighted by atomic mass is 10.1. The molecule has 2 atom stereocenters. The highest BCUT2D eigenvalue weighted by molar-refractivity contribution is 7.09. The minimum absolute atomic E-state index is 0.418. The van der Waals surface area contributed by atoms with Crippen LogP contribution in [0.15, 0.2) is 17.5 Å². The molecule has 0 spiro atoms. The molecule has 2 fully saturated rings. The summed E-state index contributed by atoms with van der Waals surface area (Å²) in [5.41, 5.74) is 0. The Morgan fingerprint density at radius 1 is 1.44 bits per heavy atom. The lowest BCUT2D eigenvalue weighted by molar-refractivity contribution is -0.0583. The molecule has 18 heavy (non-hydrogen) atoms. The van der Waals surface area contributed by atoms with Crippen molar-refractivity contribution in [2.75, 3.05) is 26.2 Å². The van der Waals surface area contributed by atoms with E-state index in [0.717, 1.165) is 32.8 Å². The molecule has 0 radical (unpaired) electrons. The second-order valence-corrected chi connectivity index (χ2v) is 6.61. The molecule has 1 aromatic heterocycles. The fourth-order valence-corrected chi connectivity index (χ4v) is 3.93. The van der Waals surface area contributed by atoms with Crippen LogP contribution in [0, 0.1) is 0 Å². The summed E-state index contributed by atoms with van der Waals surface area (Å²) < 4.78 is 5.95. The predicted molar refractivity (Wildman–Crippen MR) is 75.0 cm³/mol. The summed E-state index contributed by atoms with van der Waals surface area (Å²) >= 11 is 1.85. The summed E-state index contributed by atoms with van der Waals surface area (Å²) in [6, 6.07) is 5.59. The third-order valence-electron chi connectivity index (χ3n) is 4.04. The second-order valence-electron chi connectivity index (χ2n) is 5.58. The Bertz CT molecular complexity index is 379. The average Bonchev–Trinajstić information content (AvgIpc) is 2.96. The third kappa shape index (κ3) is 2.48. The molecule has 2 saturated heterocycles. The molecule has 2 aliphatic heterocycles. The summed E-state index contributed by atoms with van der Waals surface area (Å²) in [6.07, 6.45) is 0.418. The molecule has 0 amide bonds. The molecular weight excluding hydrogens is 244 g/mol. The topological polar surface area (TPSA) is 15.7 Å². The van der Waals surface area contributed by atoms with E-state index in [9.17, 15) is 0 Å². The molecule has 4 heteroatoms. The highest BCUT2D eigenvalue weighted by Crippen LogP contribution is 2.26. The van der Waals surface area contributed by atoms with Gasteiger partial charge < -0.3 is 4.74 Å². The van der Waals surface area contributed by atoms with Crippen LogP contribution in [0.4, 0.5) is 0 Å². The Kier molecular flexibility index (Phi) is 3.71. The fourth-order valence-electron chi connectivity index (χ4n) is 3.18. The molecule has 3 nitrogen and oxygen atoms in total. The highest BCUT2D eigenvalue weighted by atomic mass is 32.1. The van der Waals surface area contributed by atoms with Crippen molar-refractivity contribution in [1.82, 2.24) is 9.80 Å². The van der Waals surface area contributed by atoms with Gasteiger partial charge in [-0.1, -0.05) is 6.07 Å². The van der Waals surface area contributed by atoms with Crippen LogP contribution in [-0.2, 0) is 11.3 Å². The van der Waals surface area contributed by atoms with Crippen LogP contribution < -0.4 is 0 Å². The van der Waals surface area contributed by atoms with E-state index in [1.165, 1.54) is 4.88 Å². The quantitative estimate of drug-likeness (QED) is 0.833. The number of rotatable bonds is 3. The Morgan fingerprint density at radius 3 is 3.06 bits per heavy atom. The first-order chi connectivity index (χ1) is 8.74. The van der Waals surface area contributed by atoms with E-state index in [1.54, 1.807) is 0 Å². The van der Waals surface area contributed by atoms with E-state index < -0.39 is 0 Å². The van der Waals surface area contributed by atoms with Crippen LogP contribution in [0.25, 0.3) is 0 Å². The van der Waals surface area contributed by atoms with Crippen LogP contribution in [0.2, 0.25) is 0 Å². The van der Waals surface area contributed by atoms with Gasteiger partial charge in [-0.15, -0.1) is 11.3 Å². The maximum absolute atomic E-state index is 5.95. The van der Waals surface area contributed by atoms with Gasteiger partial charge in [-0.25, -0.2) is 0 Å². The number of nitrogens with zero attached hydrogens (tertiary/aromatic N) is 2. The first kappa shape index (κ1) is 12.6. The van der Waals surface area contributed by atoms with E-state index in [-0.39, 0.29) is 0 Å². The number of morpholine rings is 1. The van der Waals surface area contributed by atoms with E-state index in [2.05, 4.69) is 41.2 Å². The Morgan fingerprint density at radius 2 is 2.33 bits per heavy atom. The smallest absolute Gasteiger partial charge is 0.0870 e. The zero-order valence-electron chi connectivity index (χ0n) is 11.2. The molecule has 0 bridgehead atoms. The Hall–Kier alpha value is -0.420. The van der Waals surface area contributed by atoms with Crippen molar-refractivity contribution < 1.29 is 4.74 Å². The number of fused-ring (bicyclic) bond motifs is 1. The minimum Gasteiger partial charge on any atom is -0.374 e. The number of hydrogen-bond acceptors (Lipinski definition) is 4. The first-order valence-electron chi connectivity index (χ1n) is 6.86. The lowest BCUT2D eigenvalue weighted by Gasteiger charge is -2.39. The van der Waals surface area contributed by atoms with E-state index in [4.69, 9.17) is 4.74 Å². The third-order valence-corrected chi connectivity index (χ3v) is 4.90. The van der Waals surface area contributed by atoms with Crippen molar-refractivity contribution in [3.05, 3.63) is 22.4 Å². The van der Waals surface area contributed by atoms with Crippen LogP contribution in [0.5, 0.6) is 0 Å². The van der Waals surface area contributed by atoms with Gasteiger partial charge in [0.05, 0.1) is 18.8 Å². The second kappa shape index (κ2) is 5.29. The van der Waals surface area contributed by atoms with Crippen molar-refractivity contribution in [2.24, 2.45) is 0 Å². The summed E-state index contributed by atoms with van der Waals surface area (Å²) in [6.45, 7) is 9.90. The largest absolute Gasteiger partial charge is 0.374 e. The summed E-state index contributed by atoms with van der Waals surface area (Å²) in [4.78, 5) is 6.62. The van der Waals surface area contributed by atoms with Gasteiger partial charge in [0.15, 0.2) is 0 Å². The Balaban J connectivity index is 1.65. The molecule has 3 heterocycles. The molecule has 0 N–H and O–H groups in total. The maximum Gasteiger partial charge on any atom is 0.0870 e. The van der Waals surface area contributed by atoms with Crippen LogP contribution >= 0.6 is 11.3 Å². The van der Waals surface area contributed by atoms with Crippen LogP contribution in [-0.4, -0.2) is 54.2 Å². The van der Waals surface area contributed by atoms with Gasteiger partial charge in [0, 0.05) is 37.1 Å². The molecule has 2 aliphatic rings. The molecule has 1 aromatic rings. The van der Waals surface area contributed by atoms with Crippen molar-refractivity contribution in [3.63, 3.8) is 0 Å². The molecule has 100 valence electrons. The maximum atomic E-state index is 5.95. The number of likely N-dealkylation sites (tertiary alicyclic amines) is 1. The average molecular weight is 266 g/mol. The number of ether oxygens (including phenoxy) is 1. The zero-order chi connectivity index (χ0) is 12.5. The molecule has 0 aliphatic carbocycles. The lowest BCUT2D eigenvalue weighted by Crippen LogP contribution is -2.53. The Labute approximate surface area is 113 Å². The molecule has 0 saturated carbocycles. The van der Waals surface area contributed by atoms with Crippen LogP contribution in [0.3, 0.4) is 0 Å². The van der Waals surface area contributed by atoms with E-state index >= 15 is 0 Å². The molecule has 0 unspecified atom stereocenters. The van der Waals surface area contributed by atoms with Crippen LogP contribution in [0.1, 0.15) is 18.7 Å². The minimum atomic E-state index is 0.418. The molecular formula is C14H22N2OS. The predicted octanol–water partition coefficient (Wildman–Crippen LogP) is 2.04. The number of thiophene rings is 1. The summed E-state index contributed by atoms with van der Waals surface area (Å²) in [5.74, 6) is 0. The van der Waals surface area contributed by atoms with Gasteiger partial charge in [0.1, 0.15) is 0 Å². The first-order valence-corrected chi connectivity index (χ1v) is 7.74. The molecule has 3 rings (SSSR count). The van der Waals surface area contributed by atoms with E-state index in [0.29, 0.717) is 18.2 Å². The van der Waals surface area contributed by atoms with Crippen molar-refractivity contribution >= 4 is 11.3 Å². The SMILES string of the molecule is CC(C)N1CCO[C@H]2CN(Cc3cccs3)C[C@H]21. The molecule has 0 aromatic carbocycles. The normalized spacial score (nSPS) is 29.9. The van der Waals surface area contributed by atoms with Gasteiger partial charge in [-0.3, -0.25) is 9.80 Å². The summed E-state index contributed by atoms with van der Waals surface area (Å²) in [7, 11) is 0. The van der Waals surface area contributed by atoms with Gasteiger partial charge in [0.2, 0.25) is 0 Å². The van der Waals surface area contributed by atoms with Gasteiger partial charge in [0.25, 0.3) is 0 Å². The van der Waals surface area contributed by atoms with Gasteiger partial charge in [-0.2, -0.15) is 0 Å². The van der Waals surface area contributed by atoms with E-state index in [1.807, 2.05) is 11.3 Å². The standard InChI is InChI=1S/C14H22N2OS/c1-11(2)16-5-6-17-14-10-15(9-13(14)16)8-12-4-3-7-18-12/h3-4,7,11,13-14H,5-6,8-10H2,1-2H3/t13-,14+/m1/s1. The summed E-state index contributed by atoms with van der Waals surface area (Å²) in [5, 5.41) is 2.16. The van der Waals surface area contributed by atoms with Crippen molar-refractivity contribution in [3.8, 4) is 0 Å². The van der Waals surface area contributed by atoms with Crippen molar-refractivity contribution in [2.45, 2.75) is 38.6 Å². The van der Waals surface area contributed by atoms with Crippen molar-refractivity contribution in [1.29, 1.82) is 0 Å². The fraction of sp³-hybridized carbons (Fsp3) is 0.714. The monoisotopic (exact) mass is 266 g/mol.